The summed E-state index contributed by atoms with van der Waals surface area (Å²) in [6, 6.07) is 12.1. The summed E-state index contributed by atoms with van der Waals surface area (Å²) in [5.74, 6) is 1.33. The first-order chi connectivity index (χ1) is 12.9. The molecule has 1 atom stereocenters. The highest BCUT2D eigenvalue weighted by molar-refractivity contribution is 8.00. The zero-order valence-electron chi connectivity index (χ0n) is 16.0. The number of rotatable bonds is 7. The topological polar surface area (TPSA) is 59.8 Å². The lowest BCUT2D eigenvalue weighted by Crippen LogP contribution is -2.22. The number of carbonyl (C=O) groups is 1. The summed E-state index contributed by atoms with van der Waals surface area (Å²) in [6.07, 6.45) is 0.754. The van der Waals surface area contributed by atoms with Gasteiger partial charge in [-0.3, -0.25) is 4.79 Å². The van der Waals surface area contributed by atoms with Crippen molar-refractivity contribution in [3.8, 4) is 0 Å². The zero-order valence-corrected chi connectivity index (χ0v) is 17.6. The van der Waals surface area contributed by atoms with Gasteiger partial charge in [0.2, 0.25) is 5.91 Å². The van der Waals surface area contributed by atoms with E-state index in [1.165, 1.54) is 22.2 Å². The Kier molecular flexibility index (Phi) is 6.34. The highest BCUT2D eigenvalue weighted by Crippen LogP contribution is 2.24. The number of carbonyl (C=O) groups excluding carboxylic acids is 1. The van der Waals surface area contributed by atoms with Gasteiger partial charge < -0.3 is 9.88 Å². The van der Waals surface area contributed by atoms with Crippen LogP contribution in [-0.2, 0) is 18.3 Å². The fourth-order valence-electron chi connectivity index (χ4n) is 2.58. The van der Waals surface area contributed by atoms with Crippen LogP contribution in [0.5, 0.6) is 0 Å². The molecule has 0 aliphatic carbocycles. The number of nitrogens with zero attached hydrogens (tertiary/aromatic N) is 3. The van der Waals surface area contributed by atoms with Gasteiger partial charge in [0.25, 0.3) is 0 Å². The molecule has 0 spiro atoms. The minimum atomic E-state index is -0.271. The molecule has 2 heterocycles. The molecule has 1 N–H and O–H groups in total. The van der Waals surface area contributed by atoms with E-state index < -0.39 is 0 Å². The minimum Gasteiger partial charge on any atom is -0.325 e. The molecule has 0 radical (unpaired) electrons. The summed E-state index contributed by atoms with van der Waals surface area (Å²) in [7, 11) is 1.94. The molecule has 0 aliphatic heterocycles. The molecule has 3 rings (SSSR count). The maximum absolute atomic E-state index is 12.5. The normalized spacial score (nSPS) is 12.3. The van der Waals surface area contributed by atoms with Gasteiger partial charge in [-0.1, -0.05) is 43.8 Å². The molecule has 27 heavy (non-hydrogen) atoms. The van der Waals surface area contributed by atoms with Crippen molar-refractivity contribution in [1.82, 2.24) is 14.8 Å². The Morgan fingerprint density at radius 2 is 1.93 bits per heavy atom. The molecule has 0 aliphatic rings. The number of thioether (sulfide) groups is 1. The Morgan fingerprint density at radius 3 is 2.56 bits per heavy atom. The van der Waals surface area contributed by atoms with Crippen LogP contribution in [0.15, 0.2) is 46.9 Å². The van der Waals surface area contributed by atoms with Crippen LogP contribution >= 0.6 is 23.1 Å². The lowest BCUT2D eigenvalue weighted by Gasteiger charge is -2.12. The van der Waals surface area contributed by atoms with Crippen molar-refractivity contribution in [3.63, 3.8) is 0 Å². The molecule has 1 aromatic carbocycles. The average Bonchev–Trinajstić information content (AvgIpc) is 3.27. The highest BCUT2D eigenvalue weighted by atomic mass is 32.2. The van der Waals surface area contributed by atoms with Gasteiger partial charge >= 0.3 is 0 Å². The number of thiophene rings is 1. The average molecular weight is 401 g/mol. The summed E-state index contributed by atoms with van der Waals surface area (Å²) in [5.41, 5.74) is 2.07. The third-order valence-corrected chi connectivity index (χ3v) is 6.34. The predicted molar refractivity (Wildman–Crippen MR) is 113 cm³/mol. The van der Waals surface area contributed by atoms with E-state index in [0.29, 0.717) is 5.92 Å². The molecule has 3 aromatic rings. The first-order valence-electron chi connectivity index (χ1n) is 8.92. The fraction of sp³-hybridized carbons (Fsp3) is 0.350. The van der Waals surface area contributed by atoms with Gasteiger partial charge in [0.05, 0.1) is 5.25 Å². The van der Waals surface area contributed by atoms with E-state index in [-0.39, 0.29) is 11.2 Å². The van der Waals surface area contributed by atoms with Crippen molar-refractivity contribution < 1.29 is 4.79 Å². The molecule has 5 nitrogen and oxygen atoms in total. The van der Waals surface area contributed by atoms with Gasteiger partial charge in [0, 0.05) is 24.0 Å². The molecule has 1 amide bonds. The molecule has 0 fully saturated rings. The number of hydrogen-bond acceptors (Lipinski definition) is 5. The van der Waals surface area contributed by atoms with Crippen LogP contribution < -0.4 is 5.32 Å². The number of anilines is 1. The monoisotopic (exact) mass is 400 g/mol. The van der Waals surface area contributed by atoms with Crippen molar-refractivity contribution in [2.45, 2.75) is 43.5 Å². The molecule has 0 bridgehead atoms. The lowest BCUT2D eigenvalue weighted by molar-refractivity contribution is -0.115. The molecule has 142 valence electrons. The fourth-order valence-corrected chi connectivity index (χ4v) is 4.11. The van der Waals surface area contributed by atoms with Crippen LogP contribution in [0.2, 0.25) is 0 Å². The van der Waals surface area contributed by atoms with E-state index >= 15 is 0 Å². The standard InChI is InChI=1S/C20H24N4OS2/c1-13(2)15-7-9-16(10-8-15)21-19(25)14(3)27-20-23-22-18(24(20)4)12-17-6-5-11-26-17/h5-11,13-14H,12H2,1-4H3,(H,21,25)/t14-/m0/s1. The van der Waals surface area contributed by atoms with Crippen LogP contribution in [-0.4, -0.2) is 25.9 Å². The summed E-state index contributed by atoms with van der Waals surface area (Å²) in [6.45, 7) is 6.19. The van der Waals surface area contributed by atoms with Gasteiger partial charge in [-0.05, 0) is 42.0 Å². The third-order valence-electron chi connectivity index (χ3n) is 4.33. The summed E-state index contributed by atoms with van der Waals surface area (Å²) in [5, 5.41) is 14.0. The summed E-state index contributed by atoms with van der Waals surface area (Å²) < 4.78 is 1.96. The minimum absolute atomic E-state index is 0.0416. The Hall–Kier alpha value is -2.12. The van der Waals surface area contributed by atoms with E-state index in [1.807, 2.05) is 36.7 Å². The number of hydrogen-bond donors (Lipinski definition) is 1. The van der Waals surface area contributed by atoms with Gasteiger partial charge in [0.1, 0.15) is 5.82 Å². The third kappa shape index (κ3) is 4.99. The SMILES string of the molecule is CC(C)c1ccc(NC(=O)[C@H](C)Sc2nnc(Cc3cccs3)n2C)cc1. The predicted octanol–water partition coefficient (Wildman–Crippen LogP) is 4.71. The molecule has 7 heteroatoms. The molecule has 0 unspecified atom stereocenters. The second kappa shape index (κ2) is 8.71. The van der Waals surface area contributed by atoms with Crippen molar-refractivity contribution in [2.24, 2.45) is 7.05 Å². The largest absolute Gasteiger partial charge is 0.325 e. The van der Waals surface area contributed by atoms with Gasteiger partial charge in [-0.25, -0.2) is 0 Å². The first-order valence-corrected chi connectivity index (χ1v) is 10.7. The maximum Gasteiger partial charge on any atom is 0.237 e. The lowest BCUT2D eigenvalue weighted by atomic mass is 10.0. The summed E-state index contributed by atoms with van der Waals surface area (Å²) in [4.78, 5) is 13.8. The molecular weight excluding hydrogens is 376 g/mol. The van der Waals surface area contributed by atoms with Crippen LogP contribution in [0, 0.1) is 0 Å². The van der Waals surface area contributed by atoms with Crippen molar-refractivity contribution in [1.29, 1.82) is 0 Å². The van der Waals surface area contributed by atoms with E-state index in [9.17, 15) is 4.79 Å². The highest BCUT2D eigenvalue weighted by Gasteiger charge is 2.19. The molecule has 0 saturated heterocycles. The van der Waals surface area contributed by atoms with Crippen LogP contribution in [0.4, 0.5) is 5.69 Å². The van der Waals surface area contributed by atoms with Crippen molar-refractivity contribution in [3.05, 3.63) is 58.0 Å². The number of amides is 1. The first kappa shape index (κ1) is 19.6. The Labute approximate surface area is 168 Å². The van der Waals surface area contributed by atoms with Crippen LogP contribution in [0.3, 0.4) is 0 Å². The van der Waals surface area contributed by atoms with Crippen LogP contribution in [0.25, 0.3) is 0 Å². The number of nitrogens with one attached hydrogen (secondary N) is 1. The zero-order chi connectivity index (χ0) is 19.4. The van der Waals surface area contributed by atoms with Crippen molar-refractivity contribution in [2.75, 3.05) is 5.32 Å². The van der Waals surface area contributed by atoms with E-state index in [2.05, 4.69) is 52.9 Å². The van der Waals surface area contributed by atoms with Gasteiger partial charge in [-0.2, -0.15) is 0 Å². The van der Waals surface area contributed by atoms with Crippen LogP contribution in [0.1, 0.15) is 43.0 Å². The van der Waals surface area contributed by atoms with E-state index in [0.717, 1.165) is 23.1 Å². The Balaban J connectivity index is 1.60. The number of aromatic nitrogens is 3. The van der Waals surface area contributed by atoms with Gasteiger partial charge in [0.15, 0.2) is 5.16 Å². The Bertz CT molecular complexity index is 885. The Morgan fingerprint density at radius 1 is 1.19 bits per heavy atom. The second-order valence-electron chi connectivity index (χ2n) is 6.74. The molecule has 2 aromatic heterocycles. The quantitative estimate of drug-likeness (QED) is 0.584. The van der Waals surface area contributed by atoms with Crippen molar-refractivity contribution >= 4 is 34.7 Å². The van der Waals surface area contributed by atoms with Gasteiger partial charge in [-0.15, -0.1) is 21.5 Å². The number of benzene rings is 1. The molecular formula is C20H24N4OS2. The van der Waals surface area contributed by atoms with E-state index in [1.54, 1.807) is 11.3 Å². The van der Waals surface area contributed by atoms with E-state index in [4.69, 9.17) is 0 Å². The summed E-state index contributed by atoms with van der Waals surface area (Å²) >= 11 is 3.13. The molecule has 0 saturated carbocycles. The second-order valence-corrected chi connectivity index (χ2v) is 9.08. The smallest absolute Gasteiger partial charge is 0.237 e. The maximum atomic E-state index is 12.5.